The first-order chi connectivity index (χ1) is 18.8. The summed E-state index contributed by atoms with van der Waals surface area (Å²) < 4.78 is 4.53. The SMILES string of the molecule is N#Cc1cc(-n2c3ccccc3c3ccc4ccccc4c32)ccc1-n1c2ccccc2c2ccccc21. The maximum atomic E-state index is 10.4. The minimum Gasteiger partial charge on any atom is -0.309 e. The zero-order chi connectivity index (χ0) is 25.2. The maximum Gasteiger partial charge on any atom is 0.101 e. The van der Waals surface area contributed by atoms with Gasteiger partial charge in [0.1, 0.15) is 6.07 Å². The monoisotopic (exact) mass is 483 g/mol. The third kappa shape index (κ3) is 2.77. The van der Waals surface area contributed by atoms with Crippen molar-refractivity contribution >= 4 is 54.4 Å². The highest BCUT2D eigenvalue weighted by atomic mass is 15.0. The molecule has 0 bridgehead atoms. The van der Waals surface area contributed by atoms with Crippen LogP contribution in [0.3, 0.4) is 0 Å². The second kappa shape index (κ2) is 7.83. The second-order valence-electron chi connectivity index (χ2n) is 9.72. The van der Waals surface area contributed by atoms with Gasteiger partial charge in [0.25, 0.3) is 0 Å². The summed E-state index contributed by atoms with van der Waals surface area (Å²) >= 11 is 0. The van der Waals surface area contributed by atoms with Gasteiger partial charge in [0.2, 0.25) is 0 Å². The molecule has 0 N–H and O–H groups in total. The van der Waals surface area contributed by atoms with Crippen molar-refractivity contribution in [3.05, 3.63) is 133 Å². The second-order valence-corrected chi connectivity index (χ2v) is 9.72. The molecule has 3 nitrogen and oxygen atoms in total. The molecular weight excluding hydrogens is 462 g/mol. The smallest absolute Gasteiger partial charge is 0.101 e. The first-order valence-corrected chi connectivity index (χ1v) is 12.8. The zero-order valence-electron chi connectivity index (χ0n) is 20.5. The number of hydrogen-bond donors (Lipinski definition) is 0. The van der Waals surface area contributed by atoms with E-state index in [0.29, 0.717) is 5.56 Å². The van der Waals surface area contributed by atoms with E-state index >= 15 is 0 Å². The van der Waals surface area contributed by atoms with Crippen molar-refractivity contribution in [2.45, 2.75) is 0 Å². The molecule has 8 aromatic rings. The maximum absolute atomic E-state index is 10.4. The number of nitrogens with zero attached hydrogens (tertiary/aromatic N) is 3. The minimum absolute atomic E-state index is 0.639. The largest absolute Gasteiger partial charge is 0.309 e. The van der Waals surface area contributed by atoms with E-state index in [1.54, 1.807) is 0 Å². The van der Waals surface area contributed by atoms with Crippen molar-refractivity contribution in [2.75, 3.05) is 0 Å². The molecule has 3 heteroatoms. The van der Waals surface area contributed by atoms with Gasteiger partial charge in [-0.05, 0) is 41.8 Å². The van der Waals surface area contributed by atoms with Gasteiger partial charge in [-0.15, -0.1) is 0 Å². The summed E-state index contributed by atoms with van der Waals surface area (Å²) in [6, 6.07) is 47.0. The number of rotatable bonds is 2. The first-order valence-electron chi connectivity index (χ1n) is 12.8. The quantitative estimate of drug-likeness (QED) is 0.242. The highest BCUT2D eigenvalue weighted by molar-refractivity contribution is 6.18. The lowest BCUT2D eigenvalue weighted by molar-refractivity contribution is 1.14. The third-order valence-electron chi connectivity index (χ3n) is 7.74. The summed E-state index contributed by atoms with van der Waals surface area (Å²) in [4.78, 5) is 0. The number of nitriles is 1. The molecule has 0 saturated carbocycles. The van der Waals surface area contributed by atoms with Gasteiger partial charge in [-0.25, -0.2) is 0 Å². The van der Waals surface area contributed by atoms with E-state index in [9.17, 15) is 5.26 Å². The van der Waals surface area contributed by atoms with Crippen LogP contribution in [0, 0.1) is 11.3 Å². The van der Waals surface area contributed by atoms with Crippen LogP contribution in [0.5, 0.6) is 0 Å². The molecule has 0 aliphatic heterocycles. The van der Waals surface area contributed by atoms with Crippen molar-refractivity contribution in [2.24, 2.45) is 0 Å². The lowest BCUT2D eigenvalue weighted by Crippen LogP contribution is -2.01. The van der Waals surface area contributed by atoms with Gasteiger partial charge in [0.05, 0.1) is 33.3 Å². The van der Waals surface area contributed by atoms with Crippen molar-refractivity contribution in [1.82, 2.24) is 9.13 Å². The predicted molar refractivity (Wildman–Crippen MR) is 157 cm³/mol. The summed E-state index contributed by atoms with van der Waals surface area (Å²) in [5.41, 5.74) is 7.00. The first kappa shape index (κ1) is 20.8. The predicted octanol–water partition coefficient (Wildman–Crippen LogP) is 8.91. The Kier molecular flexibility index (Phi) is 4.29. The minimum atomic E-state index is 0.639. The van der Waals surface area contributed by atoms with Crippen LogP contribution in [0.1, 0.15) is 5.56 Å². The molecule has 0 fully saturated rings. The number of hydrogen-bond acceptors (Lipinski definition) is 1. The standard InChI is InChI=1S/C35H21N3/c36-22-24-21-25(18-20-31(24)38-33-15-7-3-11-27(33)28-12-4-8-16-34(28)38)37-32-14-6-5-13-29(32)30-19-17-23-9-1-2-10-26(23)35(30)37/h1-21H. The van der Waals surface area contributed by atoms with E-state index < -0.39 is 0 Å². The molecule has 2 heterocycles. The number of aromatic nitrogens is 2. The third-order valence-corrected chi connectivity index (χ3v) is 7.74. The van der Waals surface area contributed by atoms with Crippen molar-refractivity contribution in [3.8, 4) is 17.4 Å². The van der Waals surface area contributed by atoms with Crippen molar-refractivity contribution in [3.63, 3.8) is 0 Å². The molecular formula is C35H21N3. The fourth-order valence-corrected chi connectivity index (χ4v) is 6.13. The normalized spacial score (nSPS) is 11.7. The van der Waals surface area contributed by atoms with Crippen LogP contribution < -0.4 is 0 Å². The Labute approximate surface area is 219 Å². The zero-order valence-corrected chi connectivity index (χ0v) is 20.5. The van der Waals surface area contributed by atoms with Crippen molar-refractivity contribution < 1.29 is 0 Å². The van der Waals surface area contributed by atoms with Gasteiger partial charge in [0, 0.05) is 32.6 Å². The summed E-state index contributed by atoms with van der Waals surface area (Å²) in [5.74, 6) is 0. The summed E-state index contributed by atoms with van der Waals surface area (Å²) in [5, 5.41) is 17.6. The van der Waals surface area contributed by atoms with Gasteiger partial charge in [-0.2, -0.15) is 5.26 Å². The van der Waals surface area contributed by atoms with Crippen LogP contribution in [-0.2, 0) is 0 Å². The molecule has 176 valence electrons. The molecule has 0 atom stereocenters. The van der Waals surface area contributed by atoms with Gasteiger partial charge >= 0.3 is 0 Å². The van der Waals surface area contributed by atoms with Crippen LogP contribution in [-0.4, -0.2) is 9.13 Å². The number of benzene rings is 6. The molecule has 0 spiro atoms. The van der Waals surface area contributed by atoms with E-state index in [4.69, 9.17) is 0 Å². The molecule has 2 aromatic heterocycles. The van der Waals surface area contributed by atoms with Gasteiger partial charge in [-0.3, -0.25) is 0 Å². The van der Waals surface area contributed by atoms with Crippen LogP contribution >= 0.6 is 0 Å². The van der Waals surface area contributed by atoms with E-state index in [0.717, 1.165) is 33.4 Å². The molecule has 6 aromatic carbocycles. The Hall–Kier alpha value is -5.33. The molecule has 8 rings (SSSR count). The Morgan fingerprint density at radius 2 is 1.03 bits per heavy atom. The number of fused-ring (bicyclic) bond motifs is 8. The number of para-hydroxylation sites is 3. The molecule has 0 amide bonds. The van der Waals surface area contributed by atoms with Crippen LogP contribution in [0.15, 0.2) is 127 Å². The summed E-state index contributed by atoms with van der Waals surface area (Å²) in [7, 11) is 0. The molecule has 0 aliphatic carbocycles. The lowest BCUT2D eigenvalue weighted by atomic mass is 10.1. The Balaban J connectivity index is 1.46. The average molecular weight is 484 g/mol. The van der Waals surface area contributed by atoms with E-state index in [1.807, 2.05) is 6.07 Å². The van der Waals surface area contributed by atoms with Crippen LogP contribution in [0.25, 0.3) is 65.8 Å². The van der Waals surface area contributed by atoms with E-state index in [1.165, 1.54) is 32.3 Å². The summed E-state index contributed by atoms with van der Waals surface area (Å²) in [6.45, 7) is 0. The lowest BCUT2D eigenvalue weighted by Gasteiger charge is -2.14. The molecule has 38 heavy (non-hydrogen) atoms. The van der Waals surface area contributed by atoms with Gasteiger partial charge in [0.15, 0.2) is 0 Å². The molecule has 0 aliphatic rings. The molecule has 0 unspecified atom stereocenters. The molecule has 0 saturated heterocycles. The fraction of sp³-hybridized carbons (Fsp3) is 0. The van der Waals surface area contributed by atoms with Crippen LogP contribution in [0.4, 0.5) is 0 Å². The highest BCUT2D eigenvalue weighted by Gasteiger charge is 2.18. The van der Waals surface area contributed by atoms with E-state index in [-0.39, 0.29) is 0 Å². The Morgan fingerprint density at radius 3 is 1.68 bits per heavy atom. The highest BCUT2D eigenvalue weighted by Crippen LogP contribution is 2.38. The summed E-state index contributed by atoms with van der Waals surface area (Å²) in [6.07, 6.45) is 0. The fourth-order valence-electron chi connectivity index (χ4n) is 6.13. The van der Waals surface area contributed by atoms with Gasteiger partial charge in [-0.1, -0.05) is 91.0 Å². The molecule has 0 radical (unpaired) electrons. The topological polar surface area (TPSA) is 33.6 Å². The van der Waals surface area contributed by atoms with Crippen molar-refractivity contribution in [1.29, 1.82) is 5.26 Å². The average Bonchev–Trinajstić information content (AvgIpc) is 3.50. The van der Waals surface area contributed by atoms with Crippen LogP contribution in [0.2, 0.25) is 0 Å². The van der Waals surface area contributed by atoms with E-state index in [2.05, 4.69) is 137 Å². The Bertz CT molecular complexity index is 2200. The van der Waals surface area contributed by atoms with Gasteiger partial charge < -0.3 is 9.13 Å². The Morgan fingerprint density at radius 1 is 0.474 bits per heavy atom.